The number of rotatable bonds is 58. The molecule has 0 fully saturated rings. The van der Waals surface area contributed by atoms with Crippen LogP contribution in [0.4, 0.5) is 43.9 Å². The van der Waals surface area contributed by atoms with Crippen molar-refractivity contribution in [2.24, 2.45) is 33.8 Å². The minimum Gasteiger partial charge on any atom is -0.481 e. The third kappa shape index (κ3) is 46.5. The summed E-state index contributed by atoms with van der Waals surface area (Å²) >= 11 is 1.78. The van der Waals surface area contributed by atoms with Crippen molar-refractivity contribution in [1.29, 1.82) is 0 Å². The molecule has 0 saturated heterocycles. The number of nitrogens with two attached hydrogens (primary N) is 4. The number of aliphatic hydroxyl groups excluding tert-OH is 2. The van der Waals surface area contributed by atoms with Gasteiger partial charge in [-0.15, -0.1) is 23.5 Å². The Morgan fingerprint density at radius 1 is 0.405 bits per heavy atom. The first-order chi connectivity index (χ1) is 68.9. The number of ketones is 6. The summed E-state index contributed by atoms with van der Waals surface area (Å²) < 4.78 is 126. The van der Waals surface area contributed by atoms with Gasteiger partial charge in [0.1, 0.15) is 59.6 Å². The molecule has 0 radical (unpaired) electrons. The fourth-order valence-corrected chi connectivity index (χ4v) is 17.1. The normalized spacial score (nSPS) is 13.5. The lowest BCUT2D eigenvalue weighted by Crippen LogP contribution is -2.47. The summed E-state index contributed by atoms with van der Waals surface area (Å²) in [7, 11) is 0. The molecule has 2 heterocycles. The number of hydrogen-bond acceptors (Lipinski definition) is 26. The number of carbonyl (C=O) groups is 18. The molecule has 2 aromatic heterocycles. The summed E-state index contributed by atoms with van der Waals surface area (Å²) in [5.41, 5.74) is 26.2. The monoisotopic (exact) mass is 2140 g/mol. The van der Waals surface area contributed by atoms with Crippen molar-refractivity contribution in [1.82, 2.24) is 40.2 Å². The summed E-state index contributed by atoms with van der Waals surface area (Å²) in [6.45, 7) is 12.4. The van der Waals surface area contributed by atoms with E-state index in [0.717, 1.165) is 71.0 Å². The number of nitrogens with zero attached hydrogens (tertiary/aromatic N) is 4. The van der Waals surface area contributed by atoms with E-state index in [4.69, 9.17) is 42.7 Å². The van der Waals surface area contributed by atoms with Gasteiger partial charge in [0.15, 0.2) is 11.6 Å². The molecule has 38 nitrogen and oxygen atoms in total. The molecule has 10 atom stereocenters. The molecule has 6 amide bonds. The summed E-state index contributed by atoms with van der Waals surface area (Å²) in [6, 6.07) is 20.2. The molecule has 0 bridgehead atoms. The number of carbonyl (C=O) groups excluding carboxylic acids is 12. The molecular formula is C98H126F10N12O26S2. The van der Waals surface area contributed by atoms with Gasteiger partial charge in [-0.3, -0.25) is 76.7 Å². The number of carboxylic acids is 6. The van der Waals surface area contributed by atoms with Gasteiger partial charge in [-0.1, -0.05) is 102 Å². The van der Waals surface area contributed by atoms with Crippen LogP contribution in [0.25, 0.3) is 22.3 Å². The Hall–Kier alpha value is -13.1. The number of nitrogens with one attached hydrogen (secondary N) is 4. The number of aliphatic carboxylic acids is 6. The summed E-state index contributed by atoms with van der Waals surface area (Å²) in [4.78, 5) is 220. The molecule has 6 rings (SSSR count). The van der Waals surface area contributed by atoms with Crippen LogP contribution in [0.1, 0.15) is 193 Å². The SMILES string of the molecule is CC(=O)[C@@H](N)CS[C@@H](CC(=O)O)C(=O)CCC(=O)N[C@H](CCC(=O)O)C(=O)CCCNC(=O)[C@@H](N)CCN(C(=O)CO)[C@@H](c1cc(-c2cc(F)ccc2F)cn1Cc1ccccc1)C(C)(C)C.CC(=O)[C@@H](N)CS[C@H](CC(=O)O)C(=O)CCC(=O)N[C@H](CCC(=O)O)C(=O)CCCNC(=O)[C@@H](N)CCN(C(=O)CO)[C@@H](c1cc(-c2cc(F)ccc2F)cn1Cc1ccccc1)C(C)(C)C.O=C(O)C(F)(F)F.O=C(O)C(F)(F)F. The first kappa shape index (κ1) is 129. The van der Waals surface area contributed by atoms with Gasteiger partial charge in [-0.05, 0) is 123 Å². The molecule has 0 spiro atoms. The Morgan fingerprint density at radius 3 is 1.00 bits per heavy atom. The predicted molar refractivity (Wildman–Crippen MR) is 520 cm³/mol. The van der Waals surface area contributed by atoms with Gasteiger partial charge in [0.25, 0.3) is 0 Å². The van der Waals surface area contributed by atoms with Crippen LogP contribution >= 0.6 is 23.5 Å². The highest BCUT2D eigenvalue weighted by Gasteiger charge is 2.43. The van der Waals surface area contributed by atoms with Crippen LogP contribution in [-0.4, -0.2) is 276 Å². The zero-order valence-corrected chi connectivity index (χ0v) is 84.0. The number of halogens is 10. The highest BCUT2D eigenvalue weighted by molar-refractivity contribution is 8.01. The standard InChI is InChI=1S/2C47H62F2N6O11S.2C2HF3O2/c2*1-28(57)35(51)27-67-40(23-44(64)65)39(59)15-16-41(60)53-36(14-17-43(62)63)38(58)11-8-19-52-46(66)34(50)18-20-55(42(61)26-56)45(47(2,3)4)37-21-30(32-22-31(48)12-13-33(32)49)25-54(37)24-29-9-6-5-7-10-29;2*3-2(4,5)1(6)7/h2*5-7,9-10,12-13,21-22,25,34-36,40,45,56H,8,11,14-20,23-24,26-27,50-51H2,1-4H3,(H,52,66)(H,53,60)(H,62,63)(H,64,65);2*(H,6,7)/t34-,35-,36+,40+,45-;34-,35-,36+,40-,45-;;/m00../s1. The van der Waals surface area contributed by atoms with Crippen molar-refractivity contribution in [3.63, 3.8) is 0 Å². The Morgan fingerprint density at radius 2 is 0.723 bits per heavy atom. The van der Waals surface area contributed by atoms with E-state index in [1.807, 2.05) is 111 Å². The van der Waals surface area contributed by atoms with Crippen molar-refractivity contribution >= 4 is 129 Å². The first-order valence-electron chi connectivity index (χ1n) is 46.1. The van der Waals surface area contributed by atoms with E-state index < -0.39 is 251 Å². The van der Waals surface area contributed by atoms with Crippen molar-refractivity contribution < 1.29 is 171 Å². The van der Waals surface area contributed by atoms with Gasteiger partial charge in [-0.2, -0.15) is 26.3 Å². The highest BCUT2D eigenvalue weighted by Crippen LogP contribution is 2.44. The number of carboxylic acid groups (broad SMARTS) is 6. The Bertz CT molecular complexity index is 5200. The number of aromatic nitrogens is 2. The number of benzene rings is 4. The lowest BCUT2D eigenvalue weighted by Gasteiger charge is -2.41. The summed E-state index contributed by atoms with van der Waals surface area (Å²) in [6.07, 6.45) is -11.4. The zero-order valence-electron chi connectivity index (χ0n) is 82.3. The second kappa shape index (κ2) is 62.2. The van der Waals surface area contributed by atoms with Crippen LogP contribution < -0.4 is 44.2 Å². The molecule has 148 heavy (non-hydrogen) atoms. The number of alkyl halides is 6. The number of thioether (sulfide) groups is 2. The Kier molecular flexibility index (Phi) is 54.2. The average Bonchev–Trinajstić information content (AvgIpc) is 1.64. The van der Waals surface area contributed by atoms with Crippen LogP contribution in [0.3, 0.4) is 0 Å². The summed E-state index contributed by atoms with van der Waals surface area (Å²) in [5, 5.41) is 79.6. The molecule has 50 heteroatoms. The van der Waals surface area contributed by atoms with Gasteiger partial charge >= 0.3 is 48.2 Å². The number of amides is 6. The van der Waals surface area contributed by atoms with E-state index in [9.17, 15) is 142 Å². The molecule has 0 aliphatic heterocycles. The molecule has 0 aliphatic rings. The van der Waals surface area contributed by atoms with Crippen molar-refractivity contribution in [2.75, 3.05) is 50.9 Å². The number of Topliss-reactive ketones (excluding diaryl/α,β-unsaturated/α-hetero) is 6. The number of aliphatic hydroxyl groups is 2. The van der Waals surface area contributed by atoms with E-state index >= 15 is 8.78 Å². The topological polar surface area (TPSA) is 638 Å². The van der Waals surface area contributed by atoms with Crippen LogP contribution in [-0.2, 0) is 99.4 Å². The van der Waals surface area contributed by atoms with Crippen molar-refractivity contribution in [3.05, 3.63) is 167 Å². The molecule has 4 aromatic carbocycles. The van der Waals surface area contributed by atoms with Gasteiger partial charge in [0, 0.05) is 148 Å². The smallest absolute Gasteiger partial charge is 0.481 e. The minimum atomic E-state index is -5.08. The molecule has 816 valence electrons. The van der Waals surface area contributed by atoms with E-state index in [0.29, 0.717) is 35.6 Å². The van der Waals surface area contributed by atoms with Crippen molar-refractivity contribution in [2.45, 2.75) is 242 Å². The van der Waals surface area contributed by atoms with Gasteiger partial charge in [0.2, 0.25) is 35.4 Å². The fourth-order valence-electron chi connectivity index (χ4n) is 14.6. The fraction of sp³-hybridized carbons (Fsp3) is 0.490. The molecule has 0 unspecified atom stereocenters. The molecule has 6 aromatic rings. The van der Waals surface area contributed by atoms with E-state index in [2.05, 4.69) is 21.3 Å². The largest absolute Gasteiger partial charge is 0.490 e. The van der Waals surface area contributed by atoms with E-state index in [1.54, 1.807) is 24.5 Å². The highest BCUT2D eigenvalue weighted by atomic mass is 32.2. The van der Waals surface area contributed by atoms with Crippen LogP contribution in [0.15, 0.2) is 122 Å². The molecular weight excluding hydrogens is 2020 g/mol. The predicted octanol–water partition coefficient (Wildman–Crippen LogP) is 8.80. The number of hydrogen-bond donors (Lipinski definition) is 16. The third-order valence-electron chi connectivity index (χ3n) is 22.2. The van der Waals surface area contributed by atoms with E-state index in [-0.39, 0.29) is 125 Å². The van der Waals surface area contributed by atoms with Crippen molar-refractivity contribution in [3.8, 4) is 22.3 Å². The first-order valence-corrected chi connectivity index (χ1v) is 48.2. The van der Waals surface area contributed by atoms with Crippen LogP contribution in [0.2, 0.25) is 0 Å². The Labute approximate surface area is 853 Å². The zero-order chi connectivity index (χ0) is 112. The van der Waals surface area contributed by atoms with Crippen LogP contribution in [0.5, 0.6) is 0 Å². The molecule has 20 N–H and O–H groups in total. The lowest BCUT2D eigenvalue weighted by molar-refractivity contribution is -0.193. The maximum absolute atomic E-state index is 15.1. The lowest BCUT2D eigenvalue weighted by atomic mass is 9.82. The second-order valence-corrected chi connectivity index (χ2v) is 38.7. The van der Waals surface area contributed by atoms with Gasteiger partial charge in [-0.25, -0.2) is 27.2 Å². The molecule has 0 aliphatic carbocycles. The third-order valence-corrected chi connectivity index (χ3v) is 24.9. The average molecular weight is 2140 g/mol. The quantitative estimate of drug-likeness (QED) is 0.0125. The second-order valence-electron chi connectivity index (χ2n) is 36.2. The van der Waals surface area contributed by atoms with E-state index in [1.165, 1.54) is 23.6 Å². The maximum Gasteiger partial charge on any atom is 0.490 e. The maximum atomic E-state index is 15.1. The summed E-state index contributed by atoms with van der Waals surface area (Å²) in [5.74, 6) is -20.1. The molecule has 0 saturated carbocycles. The Balaban J connectivity index is 0.000000671. The van der Waals surface area contributed by atoms with Gasteiger partial charge < -0.3 is 104 Å². The van der Waals surface area contributed by atoms with Crippen LogP contribution in [0, 0.1) is 34.1 Å². The van der Waals surface area contributed by atoms with Gasteiger partial charge in [0.05, 0.1) is 71.7 Å². The minimum absolute atomic E-state index is 0.00999.